The number of amides is 2. The predicted molar refractivity (Wildman–Crippen MR) is 145 cm³/mol. The highest BCUT2D eigenvalue weighted by Gasteiger charge is 2.52. The molecule has 38 heavy (non-hydrogen) atoms. The number of ether oxygens (including phenoxy) is 3. The van der Waals surface area contributed by atoms with E-state index >= 15 is 0 Å². The van der Waals surface area contributed by atoms with Crippen molar-refractivity contribution in [2.75, 3.05) is 20.8 Å². The van der Waals surface area contributed by atoms with Crippen LogP contribution in [-0.4, -0.2) is 61.3 Å². The molecule has 0 saturated carbocycles. The predicted octanol–water partition coefficient (Wildman–Crippen LogP) is 4.91. The molecule has 4 atom stereocenters. The van der Waals surface area contributed by atoms with Gasteiger partial charge in [0.25, 0.3) is 0 Å². The van der Waals surface area contributed by atoms with Crippen molar-refractivity contribution in [2.24, 2.45) is 5.92 Å². The van der Waals surface area contributed by atoms with Gasteiger partial charge in [0.05, 0.1) is 13.7 Å². The lowest BCUT2D eigenvalue weighted by molar-refractivity contribution is -0.152. The number of nitrogens with zero attached hydrogens (tertiary/aromatic N) is 1. The fraction of sp³-hybridized carbons (Fsp3) is 0.500. The number of benzene rings is 2. The summed E-state index contributed by atoms with van der Waals surface area (Å²) in [6.45, 7) is 9.24. The summed E-state index contributed by atoms with van der Waals surface area (Å²) < 4.78 is 16.5. The molecule has 3 rings (SSSR count). The zero-order valence-corrected chi connectivity index (χ0v) is 23.4. The Morgan fingerprint density at radius 3 is 2.16 bits per heavy atom. The highest BCUT2D eigenvalue weighted by Crippen LogP contribution is 2.40. The monoisotopic (exact) mass is 524 g/mol. The largest absolute Gasteiger partial charge is 0.467 e. The van der Waals surface area contributed by atoms with Gasteiger partial charge in [-0.25, -0.2) is 9.59 Å². The number of rotatable bonds is 8. The minimum absolute atomic E-state index is 0.135. The summed E-state index contributed by atoms with van der Waals surface area (Å²) in [4.78, 5) is 40.9. The number of nitrogens with one attached hydrogen (secondary N) is 1. The molecule has 0 spiro atoms. The summed E-state index contributed by atoms with van der Waals surface area (Å²) in [6.07, 6.45) is 0.186. The number of hydrogen-bond acceptors (Lipinski definition) is 6. The Labute approximate surface area is 225 Å². The fourth-order valence-corrected chi connectivity index (χ4v) is 4.82. The third kappa shape index (κ3) is 6.54. The number of methoxy groups -OCH3 is 2. The van der Waals surface area contributed by atoms with Crippen molar-refractivity contribution in [1.82, 2.24) is 10.2 Å². The topological polar surface area (TPSA) is 94.2 Å². The molecule has 8 heteroatoms. The van der Waals surface area contributed by atoms with Crippen molar-refractivity contribution >= 4 is 18.0 Å². The second kappa shape index (κ2) is 12.0. The molecular formula is C30H40N2O6. The number of carbonyl (C=O) groups excluding carboxylic acids is 3. The van der Waals surface area contributed by atoms with E-state index < -0.39 is 35.3 Å². The fourth-order valence-electron chi connectivity index (χ4n) is 4.82. The van der Waals surface area contributed by atoms with Gasteiger partial charge in [0, 0.05) is 13.5 Å². The second-order valence-corrected chi connectivity index (χ2v) is 10.9. The lowest BCUT2D eigenvalue weighted by Gasteiger charge is -2.32. The highest BCUT2D eigenvalue weighted by atomic mass is 16.6. The maximum absolute atomic E-state index is 13.9. The lowest BCUT2D eigenvalue weighted by Crippen LogP contribution is -2.55. The summed E-state index contributed by atoms with van der Waals surface area (Å²) >= 11 is 0. The molecule has 2 aromatic rings. The third-order valence-corrected chi connectivity index (χ3v) is 7.14. The van der Waals surface area contributed by atoms with Crippen LogP contribution in [0.5, 0.6) is 0 Å². The molecule has 2 aromatic carbocycles. The van der Waals surface area contributed by atoms with Gasteiger partial charge in [0.15, 0.2) is 0 Å². The van der Waals surface area contributed by atoms with Gasteiger partial charge < -0.3 is 24.4 Å². The zero-order valence-electron chi connectivity index (χ0n) is 23.4. The molecular weight excluding hydrogens is 484 g/mol. The van der Waals surface area contributed by atoms with E-state index in [0.29, 0.717) is 6.42 Å². The minimum Gasteiger partial charge on any atom is -0.467 e. The smallest absolute Gasteiger partial charge is 0.408 e. The van der Waals surface area contributed by atoms with Gasteiger partial charge in [0.1, 0.15) is 23.3 Å². The molecule has 1 saturated heterocycles. The van der Waals surface area contributed by atoms with Crippen LogP contribution in [0, 0.1) is 5.92 Å². The van der Waals surface area contributed by atoms with E-state index in [4.69, 9.17) is 14.2 Å². The quantitative estimate of drug-likeness (QED) is 0.493. The average molecular weight is 525 g/mol. The van der Waals surface area contributed by atoms with Gasteiger partial charge >= 0.3 is 12.1 Å². The van der Waals surface area contributed by atoms with Crippen LogP contribution in [0.25, 0.3) is 11.1 Å². The minimum atomic E-state index is -0.921. The molecule has 8 nitrogen and oxygen atoms in total. The van der Waals surface area contributed by atoms with E-state index in [-0.39, 0.29) is 24.8 Å². The number of hydrogen-bond donors (Lipinski definition) is 1. The van der Waals surface area contributed by atoms with Gasteiger partial charge in [-0.3, -0.25) is 4.79 Å². The van der Waals surface area contributed by atoms with Crippen molar-refractivity contribution in [1.29, 1.82) is 0 Å². The van der Waals surface area contributed by atoms with Crippen molar-refractivity contribution in [3.05, 3.63) is 60.2 Å². The Kier molecular flexibility index (Phi) is 9.20. The number of esters is 1. The van der Waals surface area contributed by atoms with Gasteiger partial charge in [-0.15, -0.1) is 0 Å². The molecule has 1 N–H and O–H groups in total. The summed E-state index contributed by atoms with van der Waals surface area (Å²) in [6, 6.07) is 16.2. The van der Waals surface area contributed by atoms with Crippen LogP contribution in [0.3, 0.4) is 0 Å². The molecule has 1 fully saturated rings. The number of carbonyl (C=O) groups is 3. The summed E-state index contributed by atoms with van der Waals surface area (Å²) in [5.41, 5.74) is 1.35. The second-order valence-electron chi connectivity index (χ2n) is 10.9. The first-order chi connectivity index (χ1) is 17.9. The maximum atomic E-state index is 13.9. The Balaban J connectivity index is 1.93. The molecule has 206 valence electrons. The Hall–Kier alpha value is -3.39. The number of alkyl carbamates (subject to hydrolysis) is 1. The van der Waals surface area contributed by atoms with Crippen LogP contribution < -0.4 is 5.32 Å². The lowest BCUT2D eigenvalue weighted by atomic mass is 9.89. The first kappa shape index (κ1) is 29.2. The van der Waals surface area contributed by atoms with Crippen molar-refractivity contribution in [3.8, 4) is 11.1 Å². The van der Waals surface area contributed by atoms with Crippen LogP contribution in [0.1, 0.15) is 53.0 Å². The van der Waals surface area contributed by atoms with Crippen LogP contribution in [0.2, 0.25) is 0 Å². The molecule has 0 radical (unpaired) electrons. The molecule has 0 aromatic heterocycles. The molecule has 1 heterocycles. The van der Waals surface area contributed by atoms with E-state index in [9.17, 15) is 14.4 Å². The van der Waals surface area contributed by atoms with E-state index in [1.165, 1.54) is 12.0 Å². The molecule has 1 aliphatic heterocycles. The summed E-state index contributed by atoms with van der Waals surface area (Å²) in [5, 5.41) is 2.74. The molecule has 1 aliphatic rings. The molecule has 0 bridgehead atoms. The molecule has 2 amide bonds. The highest BCUT2D eigenvalue weighted by molar-refractivity contribution is 5.91. The van der Waals surface area contributed by atoms with Crippen LogP contribution in [0.4, 0.5) is 4.79 Å². The maximum Gasteiger partial charge on any atom is 0.408 e. The van der Waals surface area contributed by atoms with E-state index in [1.54, 1.807) is 27.9 Å². The Morgan fingerprint density at radius 1 is 1.03 bits per heavy atom. The standard InChI is InChI=1S/C30H40N2O6/c1-8-20(2)25(31-28(35)38-29(3,4)5)26(33)32-19-30(37-7,18-24(32)27(34)36-6)23-16-14-22(15-17-23)21-12-10-9-11-13-21/h9-17,20,24-25H,8,18-19H2,1-7H3,(H,31,35)/t20?,24?,25-,30-/m0/s1. The number of likely N-dealkylation sites (tertiary alicyclic amines) is 1. The van der Waals surface area contributed by atoms with E-state index in [0.717, 1.165) is 16.7 Å². The van der Waals surface area contributed by atoms with Gasteiger partial charge in [-0.2, -0.15) is 0 Å². The van der Waals surface area contributed by atoms with E-state index in [1.807, 2.05) is 68.4 Å². The first-order valence-corrected chi connectivity index (χ1v) is 13.0. The first-order valence-electron chi connectivity index (χ1n) is 13.0. The van der Waals surface area contributed by atoms with Crippen LogP contribution in [0.15, 0.2) is 54.6 Å². The third-order valence-electron chi connectivity index (χ3n) is 7.14. The van der Waals surface area contributed by atoms with Gasteiger partial charge in [0.2, 0.25) is 5.91 Å². The normalized spacial score (nSPS) is 20.9. The van der Waals surface area contributed by atoms with Gasteiger partial charge in [-0.1, -0.05) is 74.9 Å². The zero-order chi connectivity index (χ0) is 28.1. The molecule has 2 unspecified atom stereocenters. The van der Waals surface area contributed by atoms with E-state index in [2.05, 4.69) is 5.32 Å². The van der Waals surface area contributed by atoms with Crippen molar-refractivity contribution < 1.29 is 28.6 Å². The summed E-state index contributed by atoms with van der Waals surface area (Å²) in [5.74, 6) is -1.10. The van der Waals surface area contributed by atoms with Crippen LogP contribution >= 0.6 is 0 Å². The Bertz CT molecular complexity index is 1110. The molecule has 0 aliphatic carbocycles. The Morgan fingerprint density at radius 2 is 1.63 bits per heavy atom. The SMILES string of the molecule is CCC(C)[C@H](NC(=O)OC(C)(C)C)C(=O)N1C[C@](OC)(c2ccc(-c3ccccc3)cc2)CC1C(=O)OC. The van der Waals surface area contributed by atoms with Gasteiger partial charge in [-0.05, 0) is 43.4 Å². The average Bonchev–Trinajstić information content (AvgIpc) is 3.31. The van der Waals surface area contributed by atoms with Crippen LogP contribution in [-0.2, 0) is 29.4 Å². The summed E-state index contributed by atoms with van der Waals surface area (Å²) in [7, 11) is 2.88. The van der Waals surface area contributed by atoms with Crippen molar-refractivity contribution in [2.45, 2.75) is 70.7 Å². The van der Waals surface area contributed by atoms with Crippen molar-refractivity contribution in [3.63, 3.8) is 0 Å².